The molecule has 0 radical (unpaired) electrons. The quantitative estimate of drug-likeness (QED) is 0.664. The predicted octanol–water partition coefficient (Wildman–Crippen LogP) is 4.24. The summed E-state index contributed by atoms with van der Waals surface area (Å²) in [6.07, 6.45) is 4.15. The van der Waals surface area contributed by atoms with Crippen LogP contribution >= 0.6 is 0 Å². The minimum atomic E-state index is -0.215. The Bertz CT molecular complexity index is 921. The molecule has 28 heavy (non-hydrogen) atoms. The number of carbonyl (C=O) groups is 1. The number of rotatable bonds is 5. The summed E-state index contributed by atoms with van der Waals surface area (Å²) in [7, 11) is 0. The Hall–Kier alpha value is -3.12. The first-order valence-corrected chi connectivity index (χ1v) is 9.40. The molecule has 0 aliphatic carbocycles. The zero-order valence-corrected chi connectivity index (χ0v) is 15.7. The summed E-state index contributed by atoms with van der Waals surface area (Å²) in [5.74, 6) is 2.93. The highest BCUT2D eigenvalue weighted by Gasteiger charge is 2.31. The van der Waals surface area contributed by atoms with E-state index in [1.807, 2.05) is 36.1 Å². The number of ether oxygens (including phenoxy) is 2. The number of nitrogens with zero attached hydrogens (tertiary/aromatic N) is 2. The number of morpholine rings is 1. The molecular formula is C22H22N2O4. The van der Waals surface area contributed by atoms with Gasteiger partial charge in [-0.3, -0.25) is 9.78 Å². The minimum absolute atomic E-state index is 0.0457. The third-order valence-electron chi connectivity index (χ3n) is 4.72. The van der Waals surface area contributed by atoms with Gasteiger partial charge in [0.2, 0.25) is 0 Å². The van der Waals surface area contributed by atoms with Crippen molar-refractivity contribution >= 4 is 5.91 Å². The average molecular weight is 378 g/mol. The van der Waals surface area contributed by atoms with Crippen molar-refractivity contribution in [2.75, 3.05) is 19.8 Å². The third kappa shape index (κ3) is 3.92. The summed E-state index contributed by atoms with van der Waals surface area (Å²) < 4.78 is 17.2. The van der Waals surface area contributed by atoms with Crippen molar-refractivity contribution in [3.63, 3.8) is 0 Å². The molecule has 1 aliphatic rings. The number of amides is 1. The number of aryl methyl sites for hydroxylation is 1. The molecule has 6 heteroatoms. The Balaban J connectivity index is 1.50. The van der Waals surface area contributed by atoms with Crippen molar-refractivity contribution in [2.24, 2.45) is 0 Å². The average Bonchev–Trinajstić information content (AvgIpc) is 3.24. The maximum atomic E-state index is 13.1. The fourth-order valence-corrected chi connectivity index (χ4v) is 3.22. The first-order valence-electron chi connectivity index (χ1n) is 9.40. The smallest absolute Gasteiger partial charge is 0.254 e. The summed E-state index contributed by atoms with van der Waals surface area (Å²) in [6.45, 7) is 3.52. The van der Waals surface area contributed by atoms with Crippen molar-refractivity contribution in [2.45, 2.75) is 19.4 Å². The molecule has 2 aromatic heterocycles. The minimum Gasteiger partial charge on any atom is -0.464 e. The Morgan fingerprint density at radius 3 is 2.75 bits per heavy atom. The number of hydrogen-bond acceptors (Lipinski definition) is 5. The van der Waals surface area contributed by atoms with Crippen molar-refractivity contribution in [1.29, 1.82) is 0 Å². The maximum absolute atomic E-state index is 13.1. The molecule has 1 amide bonds. The van der Waals surface area contributed by atoms with Gasteiger partial charge in [-0.2, -0.15) is 0 Å². The van der Waals surface area contributed by atoms with E-state index in [0.717, 1.165) is 17.9 Å². The van der Waals surface area contributed by atoms with E-state index in [1.54, 1.807) is 36.7 Å². The lowest BCUT2D eigenvalue weighted by molar-refractivity contribution is -0.00901. The molecule has 0 N–H and O–H groups in total. The highest BCUT2D eigenvalue weighted by atomic mass is 16.5. The first-order chi connectivity index (χ1) is 13.7. The van der Waals surface area contributed by atoms with E-state index in [9.17, 15) is 4.79 Å². The van der Waals surface area contributed by atoms with Gasteiger partial charge in [-0.25, -0.2) is 0 Å². The molecule has 3 heterocycles. The lowest BCUT2D eigenvalue weighted by Gasteiger charge is -2.34. The van der Waals surface area contributed by atoms with Crippen LogP contribution < -0.4 is 4.74 Å². The van der Waals surface area contributed by atoms with Crippen LogP contribution in [-0.4, -0.2) is 35.5 Å². The first kappa shape index (κ1) is 18.3. The van der Waals surface area contributed by atoms with Gasteiger partial charge < -0.3 is 18.8 Å². The molecule has 1 unspecified atom stereocenters. The van der Waals surface area contributed by atoms with Gasteiger partial charge in [0.05, 0.1) is 19.4 Å². The van der Waals surface area contributed by atoms with Gasteiger partial charge in [-0.15, -0.1) is 0 Å². The summed E-state index contributed by atoms with van der Waals surface area (Å²) in [6, 6.07) is 14.5. The Kier molecular flexibility index (Phi) is 5.39. The zero-order valence-electron chi connectivity index (χ0n) is 15.7. The van der Waals surface area contributed by atoms with E-state index in [1.165, 1.54) is 0 Å². The van der Waals surface area contributed by atoms with Gasteiger partial charge in [-0.05, 0) is 48.5 Å². The van der Waals surface area contributed by atoms with Crippen molar-refractivity contribution < 1.29 is 18.7 Å². The third-order valence-corrected chi connectivity index (χ3v) is 4.72. The van der Waals surface area contributed by atoms with E-state index in [-0.39, 0.29) is 11.9 Å². The Labute approximate surface area is 163 Å². The van der Waals surface area contributed by atoms with E-state index < -0.39 is 0 Å². The van der Waals surface area contributed by atoms with Crippen LogP contribution in [-0.2, 0) is 11.2 Å². The Morgan fingerprint density at radius 2 is 2.04 bits per heavy atom. The lowest BCUT2D eigenvalue weighted by atomic mass is 10.1. The molecule has 0 spiro atoms. The molecule has 1 aromatic carbocycles. The van der Waals surface area contributed by atoms with Gasteiger partial charge in [0, 0.05) is 24.7 Å². The van der Waals surface area contributed by atoms with Crippen LogP contribution in [0.4, 0.5) is 0 Å². The van der Waals surface area contributed by atoms with Crippen LogP contribution in [0.2, 0.25) is 0 Å². The molecule has 1 atom stereocenters. The van der Waals surface area contributed by atoms with Crippen LogP contribution in [0.25, 0.3) is 0 Å². The second-order valence-electron chi connectivity index (χ2n) is 6.56. The molecule has 0 bridgehead atoms. The standard InChI is InChI=1S/C22H22N2O4/c1-2-17-9-10-21(28-17)20-15-26-13-12-24(20)22(25)16-5-7-18(8-6-16)27-19-4-3-11-23-14-19/h3-11,14,20H,2,12-13,15H2,1H3. The molecule has 0 saturated carbocycles. The van der Waals surface area contributed by atoms with E-state index >= 15 is 0 Å². The highest BCUT2D eigenvalue weighted by Crippen LogP contribution is 2.28. The van der Waals surface area contributed by atoms with Gasteiger partial charge in [-0.1, -0.05) is 6.92 Å². The second kappa shape index (κ2) is 8.27. The summed E-state index contributed by atoms with van der Waals surface area (Å²) in [5, 5.41) is 0. The number of hydrogen-bond donors (Lipinski definition) is 0. The van der Waals surface area contributed by atoms with Crippen LogP contribution in [0, 0.1) is 0 Å². The number of furan rings is 1. The number of carbonyl (C=O) groups excluding carboxylic acids is 1. The molecule has 1 saturated heterocycles. The van der Waals surface area contributed by atoms with Gasteiger partial charge >= 0.3 is 0 Å². The van der Waals surface area contributed by atoms with Crippen molar-refractivity contribution in [3.8, 4) is 11.5 Å². The van der Waals surface area contributed by atoms with Crippen molar-refractivity contribution in [3.05, 3.63) is 78.0 Å². The molecule has 4 rings (SSSR count). The number of benzene rings is 1. The fourth-order valence-electron chi connectivity index (χ4n) is 3.22. The van der Waals surface area contributed by atoms with E-state index in [2.05, 4.69) is 4.98 Å². The molecule has 1 aliphatic heterocycles. The van der Waals surface area contributed by atoms with E-state index in [4.69, 9.17) is 13.9 Å². The van der Waals surface area contributed by atoms with Gasteiger partial charge in [0.15, 0.2) is 0 Å². The number of aromatic nitrogens is 1. The molecule has 3 aromatic rings. The Morgan fingerprint density at radius 1 is 1.18 bits per heavy atom. The largest absolute Gasteiger partial charge is 0.464 e. The van der Waals surface area contributed by atoms with Crippen LogP contribution in [0.5, 0.6) is 11.5 Å². The SMILES string of the molecule is CCc1ccc(C2COCCN2C(=O)c2ccc(Oc3cccnc3)cc2)o1. The zero-order chi connectivity index (χ0) is 19.3. The fraction of sp³-hybridized carbons (Fsp3) is 0.273. The van der Waals surface area contributed by atoms with Crippen LogP contribution in [0.3, 0.4) is 0 Å². The summed E-state index contributed by atoms with van der Waals surface area (Å²) in [5.41, 5.74) is 0.604. The van der Waals surface area contributed by atoms with Gasteiger partial charge in [0.1, 0.15) is 29.1 Å². The normalized spacial score (nSPS) is 16.8. The van der Waals surface area contributed by atoms with Crippen LogP contribution in [0.15, 0.2) is 65.3 Å². The molecule has 1 fully saturated rings. The predicted molar refractivity (Wildman–Crippen MR) is 103 cm³/mol. The highest BCUT2D eigenvalue weighted by molar-refractivity contribution is 5.94. The number of pyridine rings is 1. The molecular weight excluding hydrogens is 356 g/mol. The second-order valence-corrected chi connectivity index (χ2v) is 6.56. The maximum Gasteiger partial charge on any atom is 0.254 e. The molecule has 144 valence electrons. The van der Waals surface area contributed by atoms with E-state index in [0.29, 0.717) is 36.8 Å². The van der Waals surface area contributed by atoms with Crippen molar-refractivity contribution in [1.82, 2.24) is 9.88 Å². The lowest BCUT2D eigenvalue weighted by Crippen LogP contribution is -2.43. The van der Waals surface area contributed by atoms with Gasteiger partial charge in [0.25, 0.3) is 5.91 Å². The molecule has 6 nitrogen and oxygen atoms in total. The summed E-state index contributed by atoms with van der Waals surface area (Å²) >= 11 is 0. The monoisotopic (exact) mass is 378 g/mol. The van der Waals surface area contributed by atoms with Crippen LogP contribution in [0.1, 0.15) is 34.8 Å². The summed E-state index contributed by atoms with van der Waals surface area (Å²) in [4.78, 5) is 19.0. The topological polar surface area (TPSA) is 64.8 Å².